The fourth-order valence-electron chi connectivity index (χ4n) is 2.92. The molecule has 0 aliphatic heterocycles. The lowest BCUT2D eigenvalue weighted by molar-refractivity contribution is 0.415. The van der Waals surface area contributed by atoms with Crippen LogP contribution in [0.3, 0.4) is 0 Å². The van der Waals surface area contributed by atoms with E-state index in [2.05, 4.69) is 11.8 Å². The minimum absolute atomic E-state index is 0.274. The molecule has 3 aromatic carbocycles. The van der Waals surface area contributed by atoms with Crippen LogP contribution in [0.25, 0.3) is 11.1 Å². The second kappa shape index (κ2) is 7.09. The van der Waals surface area contributed by atoms with Crippen molar-refractivity contribution in [3.63, 3.8) is 0 Å². The van der Waals surface area contributed by atoms with Crippen molar-refractivity contribution in [1.29, 1.82) is 0 Å². The number of aromatic hydroxyl groups is 1. The first-order valence-electron chi connectivity index (χ1n) is 8.04. The molecule has 0 aliphatic rings. The van der Waals surface area contributed by atoms with Gasteiger partial charge in [-0.25, -0.2) is 0 Å². The third-order valence-corrected chi connectivity index (χ3v) is 4.08. The van der Waals surface area contributed by atoms with Gasteiger partial charge in [-0.15, -0.1) is 0 Å². The fourth-order valence-corrected chi connectivity index (χ4v) is 2.92. The number of phenolic OH excluding ortho intramolecular Hbond substituents is 1. The van der Waals surface area contributed by atoms with E-state index in [0.29, 0.717) is 6.54 Å². The number of hydrogen-bond donors (Lipinski definition) is 1. The molecule has 122 valence electrons. The van der Waals surface area contributed by atoms with Crippen LogP contribution < -0.4 is 9.64 Å². The number of hydrogen-bond acceptors (Lipinski definition) is 3. The van der Waals surface area contributed by atoms with E-state index in [1.54, 1.807) is 7.11 Å². The molecule has 0 saturated heterocycles. The molecule has 0 unspecified atom stereocenters. The van der Waals surface area contributed by atoms with Gasteiger partial charge in [0.15, 0.2) is 0 Å². The average molecular weight is 319 g/mol. The molecule has 24 heavy (non-hydrogen) atoms. The molecule has 0 atom stereocenters. The van der Waals surface area contributed by atoms with Crippen LogP contribution in [0.2, 0.25) is 0 Å². The predicted octanol–water partition coefficient (Wildman–Crippen LogP) is 5.23. The molecule has 0 aromatic heterocycles. The van der Waals surface area contributed by atoms with Crippen molar-refractivity contribution in [2.75, 3.05) is 18.6 Å². The first-order valence-corrected chi connectivity index (χ1v) is 8.04. The lowest BCUT2D eigenvalue weighted by Gasteiger charge is -2.26. The molecule has 3 nitrogen and oxygen atoms in total. The van der Waals surface area contributed by atoms with Crippen molar-refractivity contribution in [2.45, 2.75) is 6.92 Å². The quantitative estimate of drug-likeness (QED) is 0.699. The number of methoxy groups -OCH3 is 1. The van der Waals surface area contributed by atoms with E-state index in [0.717, 1.165) is 28.3 Å². The molecule has 3 heteroatoms. The van der Waals surface area contributed by atoms with Gasteiger partial charge in [0.2, 0.25) is 0 Å². The molecule has 3 aromatic rings. The number of nitrogens with zero attached hydrogens (tertiary/aromatic N) is 1. The molecule has 1 N–H and O–H groups in total. The Hall–Kier alpha value is -2.94. The van der Waals surface area contributed by atoms with Crippen LogP contribution in [-0.4, -0.2) is 18.8 Å². The van der Waals surface area contributed by atoms with Crippen LogP contribution in [0.4, 0.5) is 11.4 Å². The Balaban J connectivity index is 2.11. The molecule has 0 amide bonds. The predicted molar refractivity (Wildman–Crippen MR) is 99.2 cm³/mol. The van der Waals surface area contributed by atoms with Crippen molar-refractivity contribution in [3.05, 3.63) is 72.8 Å². The number of phenols is 1. The maximum Gasteiger partial charge on any atom is 0.147 e. The molecule has 0 saturated carbocycles. The Morgan fingerprint density at radius 1 is 0.833 bits per heavy atom. The summed E-state index contributed by atoms with van der Waals surface area (Å²) in [6, 6.07) is 23.6. The highest BCUT2D eigenvalue weighted by atomic mass is 16.5. The van der Waals surface area contributed by atoms with Gasteiger partial charge in [-0.3, -0.25) is 0 Å². The van der Waals surface area contributed by atoms with Gasteiger partial charge in [0, 0.05) is 12.1 Å². The number of anilines is 2. The molecule has 3 rings (SSSR count). The Morgan fingerprint density at radius 3 is 2.21 bits per heavy atom. The zero-order chi connectivity index (χ0) is 16.9. The van der Waals surface area contributed by atoms with E-state index in [1.165, 1.54) is 0 Å². The largest absolute Gasteiger partial charge is 0.505 e. The number of benzene rings is 3. The first kappa shape index (κ1) is 15.9. The monoisotopic (exact) mass is 319 g/mol. The molecule has 0 radical (unpaired) electrons. The van der Waals surface area contributed by atoms with Gasteiger partial charge in [-0.2, -0.15) is 0 Å². The Morgan fingerprint density at radius 2 is 1.50 bits per heavy atom. The van der Waals surface area contributed by atoms with Gasteiger partial charge >= 0.3 is 0 Å². The Bertz CT molecular complexity index is 815. The molecule has 0 aliphatic carbocycles. The zero-order valence-corrected chi connectivity index (χ0v) is 13.9. The normalized spacial score (nSPS) is 10.4. The van der Waals surface area contributed by atoms with Gasteiger partial charge < -0.3 is 14.7 Å². The van der Waals surface area contributed by atoms with E-state index in [1.807, 2.05) is 72.8 Å². The third-order valence-electron chi connectivity index (χ3n) is 4.08. The third kappa shape index (κ3) is 2.93. The van der Waals surface area contributed by atoms with Gasteiger partial charge in [0.25, 0.3) is 0 Å². The van der Waals surface area contributed by atoms with Crippen molar-refractivity contribution in [2.24, 2.45) is 0 Å². The fraction of sp³-hybridized carbons (Fsp3) is 0.143. The molecule has 0 spiro atoms. The maximum atomic E-state index is 10.9. The second-order valence-electron chi connectivity index (χ2n) is 5.46. The van der Waals surface area contributed by atoms with E-state index >= 15 is 0 Å². The summed E-state index contributed by atoms with van der Waals surface area (Å²) in [7, 11) is 1.66. The average Bonchev–Trinajstić information content (AvgIpc) is 2.65. The van der Waals surface area contributed by atoms with Gasteiger partial charge in [0.1, 0.15) is 11.5 Å². The number of rotatable bonds is 5. The van der Waals surface area contributed by atoms with Gasteiger partial charge in [0.05, 0.1) is 18.5 Å². The number of para-hydroxylation sites is 3. The number of ether oxygens (including phenoxy) is 1. The lowest BCUT2D eigenvalue weighted by atomic mass is 10.0. The highest BCUT2D eigenvalue weighted by molar-refractivity contribution is 5.82. The van der Waals surface area contributed by atoms with Crippen LogP contribution in [0.15, 0.2) is 72.8 Å². The van der Waals surface area contributed by atoms with Gasteiger partial charge in [-0.05, 0) is 30.7 Å². The van der Waals surface area contributed by atoms with Crippen LogP contribution in [0.5, 0.6) is 11.5 Å². The van der Waals surface area contributed by atoms with Crippen LogP contribution in [-0.2, 0) is 0 Å². The summed E-state index contributed by atoms with van der Waals surface area (Å²) in [5, 5.41) is 10.9. The van der Waals surface area contributed by atoms with Crippen LogP contribution >= 0.6 is 0 Å². The first-order chi connectivity index (χ1) is 11.8. The summed E-state index contributed by atoms with van der Waals surface area (Å²) in [5.74, 6) is 1.06. The van der Waals surface area contributed by atoms with Crippen molar-refractivity contribution >= 4 is 11.4 Å². The lowest BCUT2D eigenvalue weighted by Crippen LogP contribution is -2.17. The minimum atomic E-state index is 0.274. The van der Waals surface area contributed by atoms with E-state index in [-0.39, 0.29) is 5.75 Å². The molecule has 0 bridgehead atoms. The van der Waals surface area contributed by atoms with E-state index in [9.17, 15) is 5.11 Å². The zero-order valence-electron chi connectivity index (χ0n) is 13.9. The SMILES string of the molecule is CCN(c1ccccc1OC)c1cccc(-c2ccccc2)c1O. The topological polar surface area (TPSA) is 32.7 Å². The Kier molecular flexibility index (Phi) is 4.71. The van der Waals surface area contributed by atoms with Crippen molar-refractivity contribution in [1.82, 2.24) is 0 Å². The summed E-state index contributed by atoms with van der Waals surface area (Å²) < 4.78 is 5.48. The highest BCUT2D eigenvalue weighted by Crippen LogP contribution is 2.42. The smallest absolute Gasteiger partial charge is 0.147 e. The van der Waals surface area contributed by atoms with E-state index < -0.39 is 0 Å². The van der Waals surface area contributed by atoms with Crippen molar-refractivity contribution < 1.29 is 9.84 Å². The van der Waals surface area contributed by atoms with Crippen LogP contribution in [0, 0.1) is 0 Å². The molecular formula is C21H21NO2. The maximum absolute atomic E-state index is 10.9. The minimum Gasteiger partial charge on any atom is -0.505 e. The highest BCUT2D eigenvalue weighted by Gasteiger charge is 2.17. The summed E-state index contributed by atoms with van der Waals surface area (Å²) in [6.45, 7) is 2.77. The van der Waals surface area contributed by atoms with E-state index in [4.69, 9.17) is 4.74 Å². The van der Waals surface area contributed by atoms with Crippen LogP contribution in [0.1, 0.15) is 6.92 Å². The summed E-state index contributed by atoms with van der Waals surface area (Å²) in [5.41, 5.74) is 3.51. The standard InChI is InChI=1S/C21H21NO2/c1-3-22(18-13-7-8-15-20(18)24-2)19-14-9-12-17(21(19)23)16-10-5-4-6-11-16/h4-15,23H,3H2,1-2H3. The summed E-state index contributed by atoms with van der Waals surface area (Å²) >= 11 is 0. The second-order valence-corrected chi connectivity index (χ2v) is 5.46. The molecule has 0 fully saturated rings. The molecule has 0 heterocycles. The molecular weight excluding hydrogens is 298 g/mol. The summed E-state index contributed by atoms with van der Waals surface area (Å²) in [4.78, 5) is 2.06. The van der Waals surface area contributed by atoms with Crippen molar-refractivity contribution in [3.8, 4) is 22.6 Å². The Labute approximate surface area is 142 Å². The van der Waals surface area contributed by atoms with Gasteiger partial charge in [-0.1, -0.05) is 54.6 Å². The summed E-state index contributed by atoms with van der Waals surface area (Å²) in [6.07, 6.45) is 0.